The molecule has 1 aromatic heterocycles. The Balaban J connectivity index is 2.64. The number of guanidine groups is 1. The summed E-state index contributed by atoms with van der Waals surface area (Å²) >= 11 is 0. The highest BCUT2D eigenvalue weighted by molar-refractivity contribution is 5.86. The topological polar surface area (TPSA) is 96.2 Å². The summed E-state index contributed by atoms with van der Waals surface area (Å²) in [5.74, 6) is 2.00. The van der Waals surface area contributed by atoms with Gasteiger partial charge in [0.25, 0.3) is 0 Å². The number of amides is 1. The molecule has 0 fully saturated rings. The lowest BCUT2D eigenvalue weighted by atomic mass is 10.1. The molecule has 0 aliphatic carbocycles. The predicted octanol–water partition coefficient (Wildman–Crippen LogP) is 0.259. The summed E-state index contributed by atoms with van der Waals surface area (Å²) in [7, 11) is 1.89. The number of nitrogens with zero attached hydrogens (tertiary/aromatic N) is 4. The van der Waals surface area contributed by atoms with E-state index >= 15 is 0 Å². The van der Waals surface area contributed by atoms with Crippen LogP contribution in [0.15, 0.2) is 17.6 Å². The lowest BCUT2D eigenvalue weighted by molar-refractivity contribution is -0.121. The molecule has 1 heterocycles. The van der Waals surface area contributed by atoms with Gasteiger partial charge in [0, 0.05) is 19.1 Å². The molecule has 0 saturated carbocycles. The molecule has 1 amide bonds. The van der Waals surface area contributed by atoms with Crippen molar-refractivity contribution in [2.45, 2.75) is 39.8 Å². The van der Waals surface area contributed by atoms with E-state index in [1.807, 2.05) is 39.3 Å². The molecule has 0 aliphatic rings. The SMILES string of the molecule is C=CCNC(=NCc1nnc(C)n1C)NCC(=O)NC(C)(C)C. The number of nitrogens with one attached hydrogen (secondary N) is 3. The van der Waals surface area contributed by atoms with E-state index in [1.165, 1.54) is 0 Å². The number of aromatic nitrogens is 3. The number of carbonyl (C=O) groups is 1. The van der Waals surface area contributed by atoms with Crippen molar-refractivity contribution in [2.75, 3.05) is 13.1 Å². The van der Waals surface area contributed by atoms with Gasteiger partial charge >= 0.3 is 0 Å². The molecule has 8 nitrogen and oxygen atoms in total. The zero-order valence-corrected chi connectivity index (χ0v) is 14.6. The van der Waals surface area contributed by atoms with Gasteiger partial charge in [-0.3, -0.25) is 4.79 Å². The van der Waals surface area contributed by atoms with Crippen LogP contribution in [0.4, 0.5) is 0 Å². The number of hydrogen-bond acceptors (Lipinski definition) is 4. The number of aryl methyl sites for hydroxylation is 1. The largest absolute Gasteiger partial charge is 0.353 e. The molecular weight excluding hydrogens is 294 g/mol. The number of carbonyl (C=O) groups excluding carboxylic acids is 1. The summed E-state index contributed by atoms with van der Waals surface area (Å²) in [5, 5.41) is 17.0. The lowest BCUT2D eigenvalue weighted by Crippen LogP contribution is -2.48. The smallest absolute Gasteiger partial charge is 0.239 e. The Morgan fingerprint density at radius 3 is 2.57 bits per heavy atom. The molecule has 23 heavy (non-hydrogen) atoms. The van der Waals surface area contributed by atoms with Crippen LogP contribution in [0.25, 0.3) is 0 Å². The molecule has 0 aliphatic heterocycles. The van der Waals surface area contributed by atoms with Crippen LogP contribution in [-0.2, 0) is 18.4 Å². The van der Waals surface area contributed by atoms with E-state index in [4.69, 9.17) is 0 Å². The Kier molecular flexibility index (Phi) is 6.74. The van der Waals surface area contributed by atoms with Gasteiger partial charge in [0.1, 0.15) is 12.4 Å². The minimum atomic E-state index is -0.263. The highest BCUT2D eigenvalue weighted by atomic mass is 16.2. The Morgan fingerprint density at radius 1 is 1.35 bits per heavy atom. The number of rotatable bonds is 6. The van der Waals surface area contributed by atoms with Gasteiger partial charge in [-0.2, -0.15) is 0 Å². The van der Waals surface area contributed by atoms with Crippen molar-refractivity contribution in [2.24, 2.45) is 12.0 Å². The van der Waals surface area contributed by atoms with Crippen molar-refractivity contribution in [3.05, 3.63) is 24.3 Å². The van der Waals surface area contributed by atoms with Gasteiger partial charge < -0.3 is 20.5 Å². The summed E-state index contributed by atoms with van der Waals surface area (Å²) in [4.78, 5) is 16.3. The molecule has 8 heteroatoms. The fraction of sp³-hybridized carbons (Fsp3) is 0.600. The predicted molar refractivity (Wildman–Crippen MR) is 91.0 cm³/mol. The average Bonchev–Trinajstić information content (AvgIpc) is 2.76. The van der Waals surface area contributed by atoms with Crippen LogP contribution in [0.1, 0.15) is 32.4 Å². The molecule has 0 atom stereocenters. The van der Waals surface area contributed by atoms with E-state index in [9.17, 15) is 4.79 Å². The second-order valence-corrected chi connectivity index (χ2v) is 6.21. The molecule has 1 aromatic rings. The van der Waals surface area contributed by atoms with Crippen LogP contribution >= 0.6 is 0 Å². The first kappa shape index (κ1) is 18.7. The first-order chi connectivity index (χ1) is 10.7. The van der Waals surface area contributed by atoms with Gasteiger partial charge in [-0.05, 0) is 27.7 Å². The second kappa shape index (κ2) is 8.30. The molecule has 0 saturated heterocycles. The normalized spacial score (nSPS) is 12.0. The maximum Gasteiger partial charge on any atom is 0.239 e. The summed E-state index contributed by atoms with van der Waals surface area (Å²) in [6.07, 6.45) is 1.72. The maximum atomic E-state index is 11.9. The van der Waals surface area contributed by atoms with E-state index in [0.29, 0.717) is 19.0 Å². The molecular formula is C15H27N7O. The first-order valence-corrected chi connectivity index (χ1v) is 7.52. The Morgan fingerprint density at radius 2 is 2.04 bits per heavy atom. The van der Waals surface area contributed by atoms with Crippen LogP contribution in [-0.4, -0.2) is 45.3 Å². The fourth-order valence-electron chi connectivity index (χ4n) is 1.71. The van der Waals surface area contributed by atoms with Crippen LogP contribution < -0.4 is 16.0 Å². The van der Waals surface area contributed by atoms with Crippen molar-refractivity contribution in [1.82, 2.24) is 30.7 Å². The molecule has 3 N–H and O–H groups in total. The molecule has 0 bridgehead atoms. The standard InChI is InChI=1S/C15H27N7O/c1-7-8-16-14(18-10-13(23)19-15(3,4)5)17-9-12-21-20-11(2)22(12)6/h7H,1,8-10H2,2-6H3,(H,19,23)(H2,16,17,18). The van der Waals surface area contributed by atoms with E-state index in [-0.39, 0.29) is 18.0 Å². The first-order valence-electron chi connectivity index (χ1n) is 7.52. The van der Waals surface area contributed by atoms with E-state index in [1.54, 1.807) is 6.08 Å². The van der Waals surface area contributed by atoms with Gasteiger partial charge in [-0.25, -0.2) is 4.99 Å². The van der Waals surface area contributed by atoms with Gasteiger partial charge in [0.05, 0.1) is 6.54 Å². The van der Waals surface area contributed by atoms with Crippen molar-refractivity contribution < 1.29 is 4.79 Å². The van der Waals surface area contributed by atoms with Crippen molar-refractivity contribution in [3.63, 3.8) is 0 Å². The van der Waals surface area contributed by atoms with Crippen molar-refractivity contribution >= 4 is 11.9 Å². The van der Waals surface area contributed by atoms with Crippen LogP contribution in [0.5, 0.6) is 0 Å². The van der Waals surface area contributed by atoms with E-state index in [0.717, 1.165) is 11.6 Å². The average molecular weight is 321 g/mol. The third kappa shape index (κ3) is 6.94. The quantitative estimate of drug-likeness (QED) is 0.397. The van der Waals surface area contributed by atoms with Crippen LogP contribution in [0.3, 0.4) is 0 Å². The number of aliphatic imine (C=N–C) groups is 1. The van der Waals surface area contributed by atoms with E-state index in [2.05, 4.69) is 37.7 Å². The van der Waals surface area contributed by atoms with Crippen molar-refractivity contribution in [3.8, 4) is 0 Å². The van der Waals surface area contributed by atoms with Gasteiger partial charge in [-0.1, -0.05) is 6.08 Å². The van der Waals surface area contributed by atoms with Crippen LogP contribution in [0, 0.1) is 6.92 Å². The minimum absolute atomic E-state index is 0.0971. The third-order valence-corrected chi connectivity index (χ3v) is 2.91. The molecule has 0 aromatic carbocycles. The number of hydrogen-bond donors (Lipinski definition) is 3. The summed E-state index contributed by atoms with van der Waals surface area (Å²) in [6, 6.07) is 0. The summed E-state index contributed by atoms with van der Waals surface area (Å²) in [5.41, 5.74) is -0.263. The zero-order valence-electron chi connectivity index (χ0n) is 14.6. The van der Waals surface area contributed by atoms with E-state index < -0.39 is 0 Å². The van der Waals surface area contributed by atoms with Gasteiger partial charge in [-0.15, -0.1) is 16.8 Å². The highest BCUT2D eigenvalue weighted by Gasteiger charge is 2.13. The molecule has 128 valence electrons. The summed E-state index contributed by atoms with van der Waals surface area (Å²) < 4.78 is 1.88. The minimum Gasteiger partial charge on any atom is -0.353 e. The monoisotopic (exact) mass is 321 g/mol. The third-order valence-electron chi connectivity index (χ3n) is 2.91. The fourth-order valence-corrected chi connectivity index (χ4v) is 1.71. The Labute approximate surface area is 137 Å². The van der Waals surface area contributed by atoms with Gasteiger partial charge in [0.2, 0.25) is 5.91 Å². The van der Waals surface area contributed by atoms with Crippen LogP contribution in [0.2, 0.25) is 0 Å². The Hall–Kier alpha value is -2.38. The lowest BCUT2D eigenvalue weighted by Gasteiger charge is -2.21. The van der Waals surface area contributed by atoms with Crippen molar-refractivity contribution in [1.29, 1.82) is 0 Å². The second-order valence-electron chi connectivity index (χ2n) is 6.21. The molecule has 0 radical (unpaired) electrons. The zero-order chi connectivity index (χ0) is 17.5. The Bertz CT molecular complexity index is 569. The molecule has 0 unspecified atom stereocenters. The molecule has 1 rings (SSSR count). The highest BCUT2D eigenvalue weighted by Crippen LogP contribution is 1.99. The van der Waals surface area contributed by atoms with Gasteiger partial charge in [0.15, 0.2) is 11.8 Å². The summed E-state index contributed by atoms with van der Waals surface area (Å²) in [6.45, 7) is 12.4. The maximum absolute atomic E-state index is 11.9. The molecule has 0 spiro atoms.